The number of nitrogens with one attached hydrogen (secondary N) is 1. The number of thiazole rings is 2. The number of nitrogens with zero attached hydrogens (tertiary/aromatic N) is 4. The van der Waals surface area contributed by atoms with Crippen LogP contribution in [0.15, 0.2) is 36.7 Å². The summed E-state index contributed by atoms with van der Waals surface area (Å²) in [5, 5.41) is 33.4. The lowest BCUT2D eigenvalue weighted by Crippen LogP contribution is -2.42. The predicted molar refractivity (Wildman–Crippen MR) is 241 cm³/mol. The minimum atomic E-state index is -0.701. The number of hydrogen-bond donors (Lipinski definition) is 5. The molecule has 2 aromatic carbocycles. The molecule has 13 heteroatoms. The largest absolute Gasteiger partial charge is 0.508 e. The number of carboxylic acids is 1. The van der Waals surface area contributed by atoms with Gasteiger partial charge in [-0.25, -0.2) is 9.97 Å². The lowest BCUT2D eigenvalue weighted by molar-refractivity contribution is -0.137. The van der Waals surface area contributed by atoms with Crippen LogP contribution in [0.25, 0.3) is 0 Å². The van der Waals surface area contributed by atoms with Gasteiger partial charge < -0.3 is 36.2 Å². The number of likely N-dealkylation sites (N-methyl/N-ethyl adjacent to an activating group) is 2. The van der Waals surface area contributed by atoms with E-state index < -0.39 is 5.97 Å². The topological polar surface area (TPSA) is 165 Å². The number of rotatable bonds is 17. The molecule has 0 saturated heterocycles. The third-order valence-corrected chi connectivity index (χ3v) is 13.8. The molecule has 0 bridgehead atoms. The average Bonchev–Trinajstić information content (AvgIpc) is 4.08. The Morgan fingerprint density at radius 2 is 1.10 bits per heavy atom. The van der Waals surface area contributed by atoms with Crippen molar-refractivity contribution in [2.45, 2.75) is 117 Å². The van der Waals surface area contributed by atoms with Crippen molar-refractivity contribution in [1.29, 1.82) is 0 Å². The maximum atomic E-state index is 12.7. The van der Waals surface area contributed by atoms with Crippen molar-refractivity contribution in [3.63, 3.8) is 0 Å². The maximum Gasteiger partial charge on any atom is 0.304 e. The molecule has 6 N–H and O–H groups in total. The normalized spacial score (nSPS) is 15.7. The van der Waals surface area contributed by atoms with E-state index in [0.717, 1.165) is 50.0 Å². The van der Waals surface area contributed by atoms with Crippen LogP contribution in [-0.2, 0) is 22.4 Å². The van der Waals surface area contributed by atoms with Crippen molar-refractivity contribution >= 4 is 34.6 Å². The molecule has 4 aromatic rings. The van der Waals surface area contributed by atoms with Gasteiger partial charge in [-0.2, -0.15) is 0 Å². The van der Waals surface area contributed by atoms with Gasteiger partial charge in [0, 0.05) is 65.6 Å². The standard InChI is InChI=1S/C23H33N3O2S.C13H22N2O.C10H13NO2S/c1-14-8-19(27)9-15(2)20(14)10-18(26(4)5)12-25-23(28)11-21(17-6-7-17)22-13-24-16(3)29-22;1-9-5-12(16)6-10(2)13(9)7-11(8-14)15(3)4;1-6-11-5-9(14-6)8(4-10(12)13)7-2-3-7/h8-9,13,17-18,21,27H,6-7,10-12H2,1-5H3,(H,25,28);5-6,11,16H,7-8,14H2,1-4H3;5,7-8H,2-4H2,1H3,(H,12,13)/t18-,21-;11-;8-/m000/s1. The molecule has 2 aliphatic rings. The van der Waals surface area contributed by atoms with E-state index in [1.807, 2.05) is 92.3 Å². The Kier molecular flexibility index (Phi) is 17.9. The Balaban J connectivity index is 0.000000216. The number of benzene rings is 2. The number of aromatic hydroxyl groups is 2. The van der Waals surface area contributed by atoms with Crippen LogP contribution in [0.3, 0.4) is 0 Å². The summed E-state index contributed by atoms with van der Waals surface area (Å²) in [4.78, 5) is 38.7. The molecule has 2 fully saturated rings. The van der Waals surface area contributed by atoms with Crippen molar-refractivity contribution in [3.8, 4) is 11.5 Å². The Hall–Kier alpha value is -3.88. The van der Waals surface area contributed by atoms with Crippen LogP contribution in [0, 0.1) is 53.4 Å². The summed E-state index contributed by atoms with van der Waals surface area (Å²) in [5.74, 6) is 1.81. The summed E-state index contributed by atoms with van der Waals surface area (Å²) in [6.45, 7) is 13.4. The fourth-order valence-corrected chi connectivity index (χ4v) is 9.71. The summed E-state index contributed by atoms with van der Waals surface area (Å²) in [5.41, 5.74) is 12.8. The summed E-state index contributed by atoms with van der Waals surface area (Å²) in [7, 11) is 8.19. The second-order valence-corrected chi connectivity index (χ2v) is 19.6. The smallest absolute Gasteiger partial charge is 0.304 e. The first-order valence-corrected chi connectivity index (χ1v) is 22.4. The second-order valence-electron chi connectivity index (χ2n) is 17.1. The number of aryl methyl sites for hydroxylation is 6. The third kappa shape index (κ3) is 15.0. The number of hydrogen-bond acceptors (Lipinski definition) is 11. The second kappa shape index (κ2) is 22.1. The molecule has 2 saturated carbocycles. The van der Waals surface area contributed by atoms with Crippen LogP contribution >= 0.6 is 22.7 Å². The summed E-state index contributed by atoms with van der Waals surface area (Å²) in [6, 6.07) is 7.79. The van der Waals surface area contributed by atoms with Crippen molar-refractivity contribution in [3.05, 3.63) is 89.8 Å². The van der Waals surface area contributed by atoms with Crippen LogP contribution in [0.4, 0.5) is 0 Å². The molecule has 11 nitrogen and oxygen atoms in total. The summed E-state index contributed by atoms with van der Waals surface area (Å²) in [6.07, 6.45) is 11.1. The van der Waals surface area contributed by atoms with Gasteiger partial charge in [0.15, 0.2) is 0 Å². The molecule has 0 radical (unpaired) electrons. The highest BCUT2D eigenvalue weighted by atomic mass is 32.1. The van der Waals surface area contributed by atoms with Crippen molar-refractivity contribution in [2.24, 2.45) is 17.6 Å². The number of carbonyl (C=O) groups excluding carboxylic acids is 1. The van der Waals surface area contributed by atoms with E-state index in [0.29, 0.717) is 54.8 Å². The minimum Gasteiger partial charge on any atom is -0.508 e. The van der Waals surface area contributed by atoms with E-state index in [9.17, 15) is 19.8 Å². The highest BCUT2D eigenvalue weighted by Crippen LogP contribution is 2.47. The van der Waals surface area contributed by atoms with Gasteiger partial charge in [0.2, 0.25) is 5.91 Å². The zero-order chi connectivity index (χ0) is 43.6. The fraction of sp³-hybridized carbons (Fsp3) is 0.565. The zero-order valence-corrected chi connectivity index (χ0v) is 38.5. The number of nitrogens with two attached hydrogens (primary N) is 1. The molecule has 2 aliphatic carbocycles. The molecule has 1 amide bonds. The monoisotopic (exact) mass is 848 g/mol. The van der Waals surface area contributed by atoms with E-state index in [1.165, 1.54) is 41.7 Å². The number of carbonyl (C=O) groups is 2. The number of phenols is 2. The third-order valence-electron chi connectivity index (χ3n) is 11.7. The molecule has 2 aromatic heterocycles. The maximum absolute atomic E-state index is 12.7. The van der Waals surface area contributed by atoms with Crippen LogP contribution < -0.4 is 11.1 Å². The van der Waals surface area contributed by atoms with E-state index in [4.69, 9.17) is 10.8 Å². The van der Waals surface area contributed by atoms with Crippen molar-refractivity contribution < 1.29 is 24.9 Å². The van der Waals surface area contributed by atoms with Crippen LogP contribution in [0.5, 0.6) is 11.5 Å². The van der Waals surface area contributed by atoms with Gasteiger partial charge >= 0.3 is 5.97 Å². The first-order valence-electron chi connectivity index (χ1n) is 20.8. The molecule has 2 heterocycles. The molecule has 0 spiro atoms. The lowest BCUT2D eigenvalue weighted by Gasteiger charge is -2.26. The molecule has 0 aliphatic heterocycles. The fourth-order valence-electron chi connectivity index (χ4n) is 7.76. The van der Waals surface area contributed by atoms with Crippen molar-refractivity contribution in [1.82, 2.24) is 25.1 Å². The highest BCUT2D eigenvalue weighted by molar-refractivity contribution is 7.11. The molecule has 59 heavy (non-hydrogen) atoms. The van der Waals surface area contributed by atoms with Gasteiger partial charge in [-0.15, -0.1) is 22.7 Å². The number of carboxylic acid groups (broad SMARTS) is 1. The van der Waals surface area contributed by atoms with Crippen LogP contribution in [0.1, 0.15) is 104 Å². The van der Waals surface area contributed by atoms with Crippen LogP contribution in [-0.4, -0.2) is 100 Å². The molecular weight excluding hydrogens is 781 g/mol. The van der Waals surface area contributed by atoms with Gasteiger partial charge in [-0.3, -0.25) is 9.59 Å². The number of aliphatic carboxylic acids is 1. The minimum absolute atomic E-state index is 0.124. The Bertz CT molecular complexity index is 1940. The Labute approximate surface area is 360 Å². The Morgan fingerprint density at radius 3 is 1.42 bits per heavy atom. The number of aromatic nitrogens is 2. The highest BCUT2D eigenvalue weighted by Gasteiger charge is 2.36. The summed E-state index contributed by atoms with van der Waals surface area (Å²) < 4.78 is 0. The summed E-state index contributed by atoms with van der Waals surface area (Å²) >= 11 is 3.35. The molecule has 6 rings (SSSR count). The Morgan fingerprint density at radius 1 is 0.712 bits per heavy atom. The van der Waals surface area contributed by atoms with Gasteiger partial charge in [-0.1, -0.05) is 0 Å². The SMILES string of the molecule is Cc1cc(O)cc(C)c1C[C@@H](CN)N(C)C.Cc1ncc([C@@H](CC(=O)NC[C@H](Cc2c(C)cc(O)cc2C)N(C)C)C2CC2)s1.Cc1ncc([C@@H](CC(=O)O)C2CC2)s1. The van der Waals surface area contributed by atoms with E-state index in [2.05, 4.69) is 39.2 Å². The first kappa shape index (κ1) is 47.8. The average molecular weight is 849 g/mol. The van der Waals surface area contributed by atoms with E-state index >= 15 is 0 Å². The zero-order valence-electron chi connectivity index (χ0n) is 36.8. The lowest BCUT2D eigenvalue weighted by atomic mass is 9.95. The van der Waals surface area contributed by atoms with Gasteiger partial charge in [0.1, 0.15) is 11.5 Å². The quantitative estimate of drug-likeness (QED) is 0.0708. The van der Waals surface area contributed by atoms with Gasteiger partial charge in [-0.05, 0) is 178 Å². The number of phenolic OH excluding ortho intramolecular Hbond substituents is 2. The van der Waals surface area contributed by atoms with Gasteiger partial charge in [0.05, 0.1) is 16.4 Å². The van der Waals surface area contributed by atoms with E-state index in [-0.39, 0.29) is 24.3 Å². The number of amides is 1. The van der Waals surface area contributed by atoms with Gasteiger partial charge in [0.25, 0.3) is 0 Å². The molecule has 0 unspecified atom stereocenters. The van der Waals surface area contributed by atoms with E-state index in [1.54, 1.807) is 22.7 Å². The molecular formula is C46H68N6O5S2. The molecule has 4 atom stereocenters. The first-order chi connectivity index (χ1) is 27.9. The predicted octanol–water partition coefficient (Wildman–Crippen LogP) is 7.81. The van der Waals surface area contributed by atoms with Crippen molar-refractivity contribution in [2.75, 3.05) is 41.3 Å². The molecule has 324 valence electrons. The van der Waals surface area contributed by atoms with Crippen LogP contribution in [0.2, 0.25) is 0 Å².